The molecule has 0 atom stereocenters. The molecule has 2 aromatic rings. The number of carbonyl (C=O) groups is 1. The molecule has 0 spiro atoms. The van der Waals surface area contributed by atoms with E-state index in [4.69, 9.17) is 5.11 Å². The van der Waals surface area contributed by atoms with Crippen LogP contribution in [0.3, 0.4) is 0 Å². The highest BCUT2D eigenvalue weighted by molar-refractivity contribution is 7.20. The van der Waals surface area contributed by atoms with Crippen LogP contribution >= 0.6 is 11.3 Å². The zero-order valence-electron chi connectivity index (χ0n) is 9.62. The Hall–Kier alpha value is -1.60. The van der Waals surface area contributed by atoms with Gasteiger partial charge in [-0.2, -0.15) is 0 Å². The van der Waals surface area contributed by atoms with Crippen LogP contribution in [0, 0.1) is 5.82 Å². The lowest BCUT2D eigenvalue weighted by Crippen LogP contribution is -2.38. The highest BCUT2D eigenvalue weighted by Crippen LogP contribution is 2.27. The summed E-state index contributed by atoms with van der Waals surface area (Å²) in [4.78, 5) is 11.8. The van der Waals surface area contributed by atoms with Gasteiger partial charge in [0.15, 0.2) is 0 Å². The second kappa shape index (κ2) is 5.18. The van der Waals surface area contributed by atoms with Crippen LogP contribution in [0.1, 0.15) is 9.67 Å². The Morgan fingerprint density at radius 3 is 2.79 bits per heavy atom. The molecule has 102 valence electrons. The van der Waals surface area contributed by atoms with Gasteiger partial charge in [0, 0.05) is 10.1 Å². The van der Waals surface area contributed by atoms with Crippen molar-refractivity contribution in [3.05, 3.63) is 35.0 Å². The third kappa shape index (κ3) is 3.05. The van der Waals surface area contributed by atoms with E-state index in [0.717, 1.165) is 11.3 Å². The number of hydrogen-bond donors (Lipinski definition) is 2. The highest BCUT2D eigenvalue weighted by atomic mass is 32.1. The Balaban J connectivity index is 2.16. The quantitative estimate of drug-likeness (QED) is 0.908. The molecule has 1 heterocycles. The maximum absolute atomic E-state index is 13.4. The smallest absolute Gasteiger partial charge is 0.287 e. The summed E-state index contributed by atoms with van der Waals surface area (Å²) in [6.45, 7) is -2.30. The van der Waals surface area contributed by atoms with E-state index in [1.165, 1.54) is 18.2 Å². The molecule has 0 aliphatic carbocycles. The van der Waals surface area contributed by atoms with Crippen LogP contribution < -0.4 is 5.32 Å². The lowest BCUT2D eigenvalue weighted by Gasteiger charge is -2.13. The lowest BCUT2D eigenvalue weighted by molar-refractivity contribution is -0.0461. The number of carbonyl (C=O) groups excluding carboxylic acids is 1. The molecular formula is C12H10F3NO2S. The molecule has 7 heteroatoms. The molecule has 0 aliphatic rings. The second-order valence-corrected chi connectivity index (χ2v) is 5.04. The molecule has 0 saturated heterocycles. The van der Waals surface area contributed by atoms with Crippen LogP contribution in [0.4, 0.5) is 13.2 Å². The van der Waals surface area contributed by atoms with Gasteiger partial charge in [-0.1, -0.05) is 6.07 Å². The van der Waals surface area contributed by atoms with E-state index in [-0.39, 0.29) is 10.3 Å². The molecule has 0 fully saturated rings. The van der Waals surface area contributed by atoms with Gasteiger partial charge in [0.25, 0.3) is 11.8 Å². The van der Waals surface area contributed by atoms with Gasteiger partial charge in [-0.05, 0) is 18.2 Å². The third-order valence-corrected chi connectivity index (χ3v) is 3.57. The van der Waals surface area contributed by atoms with Crippen LogP contribution in [0.25, 0.3) is 10.1 Å². The fourth-order valence-electron chi connectivity index (χ4n) is 1.49. The number of nitrogens with one attached hydrogen (secondary N) is 1. The molecule has 19 heavy (non-hydrogen) atoms. The summed E-state index contributed by atoms with van der Waals surface area (Å²) in [6, 6.07) is 5.73. The Morgan fingerprint density at radius 2 is 2.16 bits per heavy atom. The van der Waals surface area contributed by atoms with E-state index in [9.17, 15) is 18.0 Å². The molecule has 1 aromatic carbocycles. The molecular weight excluding hydrogens is 279 g/mol. The number of amides is 1. The van der Waals surface area contributed by atoms with E-state index < -0.39 is 30.8 Å². The van der Waals surface area contributed by atoms with Crippen LogP contribution in [0.2, 0.25) is 0 Å². The predicted molar refractivity (Wildman–Crippen MR) is 66.1 cm³/mol. The van der Waals surface area contributed by atoms with Crippen LogP contribution in [-0.4, -0.2) is 30.1 Å². The highest BCUT2D eigenvalue weighted by Gasteiger charge is 2.28. The molecule has 1 amide bonds. The van der Waals surface area contributed by atoms with E-state index in [0.29, 0.717) is 4.70 Å². The summed E-state index contributed by atoms with van der Waals surface area (Å²) in [5.41, 5.74) is 0. The minimum Gasteiger partial charge on any atom is -0.390 e. The van der Waals surface area contributed by atoms with Crippen LogP contribution in [0.5, 0.6) is 0 Å². The molecule has 0 radical (unpaired) electrons. The van der Waals surface area contributed by atoms with Gasteiger partial charge in [0.2, 0.25) is 0 Å². The van der Waals surface area contributed by atoms with Crippen molar-refractivity contribution in [2.45, 2.75) is 5.92 Å². The van der Waals surface area contributed by atoms with E-state index in [1.54, 1.807) is 6.07 Å². The first kappa shape index (κ1) is 13.8. The molecule has 1 aromatic heterocycles. The summed E-state index contributed by atoms with van der Waals surface area (Å²) < 4.78 is 39.5. The first-order valence-electron chi connectivity index (χ1n) is 5.38. The van der Waals surface area contributed by atoms with Crippen molar-refractivity contribution >= 4 is 27.3 Å². The normalized spacial score (nSPS) is 11.8. The zero-order valence-corrected chi connectivity index (χ0v) is 10.4. The van der Waals surface area contributed by atoms with Crippen molar-refractivity contribution in [2.24, 2.45) is 0 Å². The third-order valence-electron chi connectivity index (χ3n) is 2.47. The van der Waals surface area contributed by atoms with Crippen LogP contribution in [-0.2, 0) is 0 Å². The van der Waals surface area contributed by atoms with Crippen molar-refractivity contribution in [2.75, 3.05) is 13.2 Å². The maximum atomic E-state index is 13.4. The van der Waals surface area contributed by atoms with Crippen LogP contribution in [0.15, 0.2) is 24.3 Å². The fourth-order valence-corrected chi connectivity index (χ4v) is 2.48. The Kier molecular flexibility index (Phi) is 3.77. The van der Waals surface area contributed by atoms with Crippen molar-refractivity contribution < 1.29 is 23.1 Å². The van der Waals surface area contributed by atoms with Gasteiger partial charge in [-0.25, -0.2) is 13.2 Å². The van der Waals surface area contributed by atoms with Gasteiger partial charge in [-0.15, -0.1) is 11.3 Å². The van der Waals surface area contributed by atoms with Crippen molar-refractivity contribution in [3.63, 3.8) is 0 Å². The Morgan fingerprint density at radius 1 is 1.42 bits per heavy atom. The average molecular weight is 289 g/mol. The van der Waals surface area contributed by atoms with Gasteiger partial charge >= 0.3 is 0 Å². The Bertz CT molecular complexity index is 612. The first-order valence-corrected chi connectivity index (χ1v) is 6.19. The lowest BCUT2D eigenvalue weighted by atomic mass is 10.2. The van der Waals surface area contributed by atoms with Gasteiger partial charge in [0.05, 0.1) is 11.4 Å². The molecule has 0 unspecified atom stereocenters. The number of rotatable bonds is 4. The van der Waals surface area contributed by atoms with Gasteiger partial charge < -0.3 is 10.4 Å². The Labute approximate surface area is 110 Å². The minimum absolute atomic E-state index is 0.147. The topological polar surface area (TPSA) is 49.3 Å². The number of fused-ring (bicyclic) bond motifs is 1. The van der Waals surface area contributed by atoms with E-state index >= 15 is 0 Å². The minimum atomic E-state index is -3.36. The number of thiophene rings is 1. The molecule has 0 bridgehead atoms. The first-order chi connectivity index (χ1) is 8.93. The standard InChI is InChI=1S/C12H10F3NO2S/c13-8-2-1-3-9-7(8)4-10(19-9)11(18)16-5-12(14,15)6-17/h1-4,17H,5-6H2,(H,16,18). The molecule has 0 saturated carbocycles. The molecule has 2 rings (SSSR count). The maximum Gasteiger partial charge on any atom is 0.287 e. The van der Waals surface area contributed by atoms with Crippen molar-refractivity contribution in [3.8, 4) is 0 Å². The summed E-state index contributed by atoms with van der Waals surface area (Å²) in [6.07, 6.45) is 0. The number of hydrogen-bond acceptors (Lipinski definition) is 3. The molecule has 3 nitrogen and oxygen atoms in total. The zero-order chi connectivity index (χ0) is 14.0. The summed E-state index contributed by atoms with van der Waals surface area (Å²) in [5, 5.41) is 10.7. The number of aliphatic hydroxyl groups is 1. The number of aliphatic hydroxyl groups excluding tert-OH is 1. The van der Waals surface area contributed by atoms with Gasteiger partial charge in [0.1, 0.15) is 12.4 Å². The number of alkyl halides is 2. The second-order valence-electron chi connectivity index (χ2n) is 3.96. The fraction of sp³-hybridized carbons (Fsp3) is 0.250. The van der Waals surface area contributed by atoms with E-state index in [2.05, 4.69) is 0 Å². The van der Waals surface area contributed by atoms with Crippen molar-refractivity contribution in [1.82, 2.24) is 5.32 Å². The molecule has 2 N–H and O–H groups in total. The molecule has 0 aliphatic heterocycles. The monoisotopic (exact) mass is 289 g/mol. The summed E-state index contributed by atoms with van der Waals surface area (Å²) >= 11 is 1.02. The SMILES string of the molecule is O=C(NCC(F)(F)CO)c1cc2c(F)cccc2s1. The predicted octanol–water partition coefficient (Wildman–Crippen LogP) is 2.40. The summed E-state index contributed by atoms with van der Waals surface area (Å²) in [5.74, 6) is -4.54. The van der Waals surface area contributed by atoms with Gasteiger partial charge in [-0.3, -0.25) is 4.79 Å². The number of benzene rings is 1. The summed E-state index contributed by atoms with van der Waals surface area (Å²) in [7, 11) is 0. The largest absolute Gasteiger partial charge is 0.390 e. The van der Waals surface area contributed by atoms with Crippen molar-refractivity contribution in [1.29, 1.82) is 0 Å². The van der Waals surface area contributed by atoms with E-state index in [1.807, 2.05) is 5.32 Å². The number of halogens is 3. The average Bonchev–Trinajstić information content (AvgIpc) is 2.81.